The molecule has 3 aromatic rings. The van der Waals surface area contributed by atoms with E-state index in [-0.39, 0.29) is 18.6 Å². The standard InChI is InChI=1S/C27H26F4N2O.CH2O2/c1-15-6-16-9-25(33-12-17(16)7-15)34-14-18-8-20-21(11-26(2,3)22(20)10-24(18)28)19-4-5-32-13-23(19)27(29,30)31;2-1-3/h4-5,8-10,12-13,15,21H,6-7,11,14H2,1-3H3;1H,(H,2,3). The third kappa shape index (κ3) is 5.45. The summed E-state index contributed by atoms with van der Waals surface area (Å²) in [6.45, 7) is 5.76. The number of fused-ring (bicyclic) bond motifs is 2. The van der Waals surface area contributed by atoms with Crippen molar-refractivity contribution in [2.75, 3.05) is 0 Å². The van der Waals surface area contributed by atoms with Crippen molar-refractivity contribution in [1.29, 1.82) is 0 Å². The Kier molecular flexibility index (Phi) is 7.26. The fourth-order valence-electron chi connectivity index (χ4n) is 5.51. The van der Waals surface area contributed by atoms with Crippen LogP contribution in [0.25, 0.3) is 0 Å². The number of rotatable bonds is 4. The van der Waals surface area contributed by atoms with Gasteiger partial charge in [0.2, 0.25) is 5.88 Å². The van der Waals surface area contributed by atoms with Gasteiger partial charge in [-0.15, -0.1) is 0 Å². The highest BCUT2D eigenvalue weighted by Gasteiger charge is 2.43. The minimum absolute atomic E-state index is 0.0456. The van der Waals surface area contributed by atoms with E-state index < -0.39 is 28.9 Å². The van der Waals surface area contributed by atoms with Crippen LogP contribution in [0.3, 0.4) is 0 Å². The van der Waals surface area contributed by atoms with Gasteiger partial charge in [-0.1, -0.05) is 20.8 Å². The van der Waals surface area contributed by atoms with Gasteiger partial charge >= 0.3 is 6.18 Å². The maximum atomic E-state index is 15.1. The molecule has 0 fully saturated rings. The van der Waals surface area contributed by atoms with Crippen LogP contribution in [0.15, 0.2) is 42.9 Å². The maximum absolute atomic E-state index is 15.1. The molecule has 1 N–H and O–H groups in total. The van der Waals surface area contributed by atoms with Crippen LogP contribution in [0.4, 0.5) is 17.6 Å². The summed E-state index contributed by atoms with van der Waals surface area (Å²) in [5.41, 5.74) is 3.11. The zero-order valence-corrected chi connectivity index (χ0v) is 20.8. The summed E-state index contributed by atoms with van der Waals surface area (Å²) in [4.78, 5) is 16.4. The second-order valence-electron chi connectivity index (χ2n) is 10.3. The number of alkyl halides is 3. The van der Waals surface area contributed by atoms with Gasteiger partial charge in [0, 0.05) is 36.1 Å². The molecule has 0 spiro atoms. The summed E-state index contributed by atoms with van der Waals surface area (Å²) in [7, 11) is 0. The Balaban J connectivity index is 0.00000102. The van der Waals surface area contributed by atoms with Crippen molar-refractivity contribution >= 4 is 6.47 Å². The van der Waals surface area contributed by atoms with Crippen LogP contribution in [0.1, 0.15) is 72.1 Å². The second-order valence-corrected chi connectivity index (χ2v) is 10.3. The first-order valence-corrected chi connectivity index (χ1v) is 12.0. The van der Waals surface area contributed by atoms with Crippen molar-refractivity contribution in [3.63, 3.8) is 0 Å². The molecule has 2 atom stereocenters. The lowest BCUT2D eigenvalue weighted by Crippen LogP contribution is -2.15. The number of ether oxygens (including phenoxy) is 1. The fraction of sp³-hybridized carbons (Fsp3) is 0.393. The number of nitrogens with zero attached hydrogens (tertiary/aromatic N) is 2. The van der Waals surface area contributed by atoms with Crippen LogP contribution in [0.2, 0.25) is 0 Å². The summed E-state index contributed by atoms with van der Waals surface area (Å²) in [5.74, 6) is 0.0611. The molecule has 37 heavy (non-hydrogen) atoms. The normalized spacial score (nSPS) is 19.4. The maximum Gasteiger partial charge on any atom is 0.418 e. The molecule has 0 bridgehead atoms. The quantitative estimate of drug-likeness (QED) is 0.318. The van der Waals surface area contributed by atoms with E-state index in [0.717, 1.165) is 24.6 Å². The van der Waals surface area contributed by atoms with Gasteiger partial charge in [0.05, 0.1) is 5.56 Å². The van der Waals surface area contributed by atoms with Crippen LogP contribution in [0.5, 0.6) is 5.88 Å². The first kappa shape index (κ1) is 26.6. The number of aromatic nitrogens is 2. The van der Waals surface area contributed by atoms with Crippen LogP contribution >= 0.6 is 0 Å². The molecule has 2 aromatic heterocycles. The van der Waals surface area contributed by atoms with E-state index >= 15 is 4.39 Å². The first-order valence-electron chi connectivity index (χ1n) is 12.0. The van der Waals surface area contributed by atoms with Gasteiger partial charge in [-0.05, 0) is 76.6 Å². The molecule has 2 aliphatic rings. The molecule has 0 amide bonds. The van der Waals surface area contributed by atoms with E-state index in [1.807, 2.05) is 26.1 Å². The van der Waals surface area contributed by atoms with E-state index in [1.54, 1.807) is 6.07 Å². The van der Waals surface area contributed by atoms with Gasteiger partial charge in [-0.25, -0.2) is 9.37 Å². The lowest BCUT2D eigenvalue weighted by atomic mass is 9.84. The summed E-state index contributed by atoms with van der Waals surface area (Å²) >= 11 is 0. The van der Waals surface area contributed by atoms with E-state index in [4.69, 9.17) is 14.6 Å². The van der Waals surface area contributed by atoms with Crippen LogP contribution < -0.4 is 4.74 Å². The largest absolute Gasteiger partial charge is 0.483 e. The molecular weight excluding hydrogens is 488 g/mol. The van der Waals surface area contributed by atoms with Crippen molar-refractivity contribution in [1.82, 2.24) is 9.97 Å². The predicted octanol–water partition coefficient (Wildman–Crippen LogP) is 6.46. The third-order valence-electron chi connectivity index (χ3n) is 7.14. The number of pyridine rings is 2. The van der Waals surface area contributed by atoms with Gasteiger partial charge in [0.25, 0.3) is 6.47 Å². The average Bonchev–Trinajstić information content (AvgIpc) is 3.32. The van der Waals surface area contributed by atoms with Gasteiger partial charge in [-0.2, -0.15) is 13.2 Å². The Morgan fingerprint density at radius 1 is 1.14 bits per heavy atom. The summed E-state index contributed by atoms with van der Waals surface area (Å²) in [6, 6.07) is 6.46. The van der Waals surface area contributed by atoms with Crippen molar-refractivity contribution in [2.24, 2.45) is 5.92 Å². The SMILES string of the molecule is CC1Cc2cnc(OCc3cc4c(cc3F)C(C)(C)CC4c3ccncc3C(F)(F)F)cc2C1.O=CO. The highest BCUT2D eigenvalue weighted by atomic mass is 19.4. The average molecular weight is 517 g/mol. The van der Waals surface area contributed by atoms with Crippen LogP contribution in [-0.2, 0) is 35.8 Å². The Labute approximate surface area is 212 Å². The minimum Gasteiger partial charge on any atom is -0.483 e. The number of carboxylic acid groups (broad SMARTS) is 1. The third-order valence-corrected chi connectivity index (χ3v) is 7.14. The minimum atomic E-state index is -4.51. The van der Waals surface area contributed by atoms with Crippen molar-refractivity contribution in [3.8, 4) is 5.88 Å². The molecule has 2 heterocycles. The van der Waals surface area contributed by atoms with Crippen molar-refractivity contribution < 1.29 is 32.2 Å². The highest BCUT2D eigenvalue weighted by molar-refractivity contribution is 5.51. The topological polar surface area (TPSA) is 72.3 Å². The second kappa shape index (κ2) is 10.1. The van der Waals surface area contributed by atoms with Crippen LogP contribution in [0, 0.1) is 11.7 Å². The first-order chi connectivity index (χ1) is 17.4. The number of halogens is 4. The monoisotopic (exact) mass is 516 g/mol. The molecule has 0 radical (unpaired) electrons. The Morgan fingerprint density at radius 3 is 2.54 bits per heavy atom. The van der Waals surface area contributed by atoms with Gasteiger partial charge in [0.15, 0.2) is 0 Å². The lowest BCUT2D eigenvalue weighted by molar-refractivity contribution is -0.138. The molecule has 2 aliphatic carbocycles. The molecule has 0 saturated carbocycles. The highest BCUT2D eigenvalue weighted by Crippen LogP contribution is 2.51. The Bertz CT molecular complexity index is 1310. The molecule has 9 heteroatoms. The molecule has 5 nitrogen and oxygen atoms in total. The molecule has 0 aliphatic heterocycles. The smallest absolute Gasteiger partial charge is 0.418 e. The number of hydrogen-bond donors (Lipinski definition) is 1. The Hall–Kier alpha value is -3.49. The van der Waals surface area contributed by atoms with Crippen molar-refractivity contribution in [3.05, 3.63) is 87.6 Å². The van der Waals surface area contributed by atoms with Crippen LogP contribution in [-0.4, -0.2) is 21.5 Å². The van der Waals surface area contributed by atoms with Gasteiger partial charge < -0.3 is 9.84 Å². The number of hydrogen-bond acceptors (Lipinski definition) is 4. The molecule has 0 saturated heterocycles. The van der Waals surface area contributed by atoms with E-state index in [9.17, 15) is 13.2 Å². The lowest BCUT2D eigenvalue weighted by Gasteiger charge is -2.21. The zero-order valence-electron chi connectivity index (χ0n) is 20.8. The van der Waals surface area contributed by atoms with Gasteiger partial charge in [-0.3, -0.25) is 9.78 Å². The fourth-order valence-corrected chi connectivity index (χ4v) is 5.51. The van der Waals surface area contributed by atoms with E-state index in [1.165, 1.54) is 29.5 Å². The molecule has 1 aromatic carbocycles. The van der Waals surface area contributed by atoms with E-state index in [0.29, 0.717) is 29.3 Å². The molecule has 2 unspecified atom stereocenters. The summed E-state index contributed by atoms with van der Waals surface area (Å²) < 4.78 is 62.0. The van der Waals surface area contributed by atoms with Gasteiger partial charge in [0.1, 0.15) is 12.4 Å². The number of benzene rings is 1. The summed E-state index contributed by atoms with van der Waals surface area (Å²) in [6.07, 6.45) is 1.95. The number of carbonyl (C=O) groups is 1. The van der Waals surface area contributed by atoms with E-state index in [2.05, 4.69) is 16.9 Å². The van der Waals surface area contributed by atoms with Crippen molar-refractivity contribution in [2.45, 2.75) is 64.1 Å². The predicted molar refractivity (Wildman–Crippen MR) is 129 cm³/mol. The molecule has 196 valence electrons. The molecule has 5 rings (SSSR count). The molecular formula is C28H28F4N2O3. The Morgan fingerprint density at radius 2 is 1.84 bits per heavy atom. The zero-order chi connectivity index (χ0) is 27.0. The summed E-state index contributed by atoms with van der Waals surface area (Å²) in [5, 5.41) is 6.89.